The molecule has 0 aliphatic heterocycles. The maximum absolute atomic E-state index is 12.1. The number of aromatic nitrogens is 1. The molecule has 2 N–H and O–H groups in total. The van der Waals surface area contributed by atoms with Crippen LogP contribution in [-0.2, 0) is 11.3 Å². The average Bonchev–Trinajstić information content (AvgIpc) is 2.41. The van der Waals surface area contributed by atoms with Gasteiger partial charge in [-0.2, -0.15) is 0 Å². The number of amides is 1. The summed E-state index contributed by atoms with van der Waals surface area (Å²) in [6.45, 7) is 7.98. The number of hydrogen-bond donors (Lipinski definition) is 1. The summed E-state index contributed by atoms with van der Waals surface area (Å²) >= 11 is 0. The molecule has 1 amide bonds. The molecular weight excluding hydrogens is 238 g/mol. The van der Waals surface area contributed by atoms with Gasteiger partial charge in [-0.05, 0) is 44.9 Å². The van der Waals surface area contributed by atoms with Gasteiger partial charge in [0.15, 0.2) is 0 Å². The van der Waals surface area contributed by atoms with Crippen LogP contribution in [0.5, 0.6) is 0 Å². The molecular formula is C15H25N3O. The molecule has 1 atom stereocenters. The van der Waals surface area contributed by atoms with Crippen molar-refractivity contribution in [2.24, 2.45) is 11.7 Å². The number of carbonyl (C=O) groups is 1. The molecule has 0 saturated heterocycles. The number of hydrogen-bond acceptors (Lipinski definition) is 3. The van der Waals surface area contributed by atoms with Crippen LogP contribution in [0.1, 0.15) is 38.1 Å². The summed E-state index contributed by atoms with van der Waals surface area (Å²) in [5.41, 5.74) is 7.50. The second kappa shape index (κ2) is 7.89. The number of pyridine rings is 1. The van der Waals surface area contributed by atoms with Crippen LogP contribution in [0.2, 0.25) is 0 Å². The Morgan fingerprint density at radius 1 is 1.47 bits per heavy atom. The third kappa shape index (κ3) is 5.39. The minimum Gasteiger partial charge on any atom is -0.337 e. The number of aryl methyl sites for hydroxylation is 1. The fourth-order valence-corrected chi connectivity index (χ4v) is 1.91. The average molecular weight is 263 g/mol. The highest BCUT2D eigenvalue weighted by molar-refractivity contribution is 5.76. The molecule has 106 valence electrons. The minimum atomic E-state index is 0.186. The lowest BCUT2D eigenvalue weighted by atomic mass is 10.1. The van der Waals surface area contributed by atoms with Gasteiger partial charge in [-0.1, -0.05) is 13.0 Å². The lowest BCUT2D eigenvalue weighted by molar-refractivity contribution is -0.131. The van der Waals surface area contributed by atoms with E-state index in [0.717, 1.165) is 17.8 Å². The molecule has 0 spiro atoms. The van der Waals surface area contributed by atoms with Crippen molar-refractivity contribution in [2.75, 3.05) is 13.1 Å². The molecule has 0 aliphatic rings. The monoisotopic (exact) mass is 263 g/mol. The molecule has 0 aromatic carbocycles. The van der Waals surface area contributed by atoms with E-state index in [1.807, 2.05) is 36.9 Å². The van der Waals surface area contributed by atoms with Gasteiger partial charge in [-0.25, -0.2) is 0 Å². The molecule has 4 heteroatoms. The second-order valence-corrected chi connectivity index (χ2v) is 5.06. The van der Waals surface area contributed by atoms with Crippen molar-refractivity contribution in [1.82, 2.24) is 9.88 Å². The van der Waals surface area contributed by atoms with Gasteiger partial charge in [0.1, 0.15) is 0 Å². The van der Waals surface area contributed by atoms with Gasteiger partial charge < -0.3 is 10.6 Å². The van der Waals surface area contributed by atoms with Crippen molar-refractivity contribution in [3.8, 4) is 0 Å². The molecule has 0 aliphatic carbocycles. The number of nitrogens with two attached hydrogens (primary N) is 1. The topological polar surface area (TPSA) is 59.2 Å². The van der Waals surface area contributed by atoms with Gasteiger partial charge in [0.05, 0.1) is 12.2 Å². The van der Waals surface area contributed by atoms with Crippen LogP contribution < -0.4 is 5.73 Å². The number of nitrogens with zero attached hydrogens (tertiary/aromatic N) is 2. The molecule has 4 nitrogen and oxygen atoms in total. The largest absolute Gasteiger partial charge is 0.337 e. The SMILES string of the molecule is CCN(Cc1cccc(C)n1)C(=O)CCC(C)CN. The Labute approximate surface area is 116 Å². The molecule has 1 rings (SSSR count). The Morgan fingerprint density at radius 3 is 2.79 bits per heavy atom. The van der Waals surface area contributed by atoms with Gasteiger partial charge in [0.2, 0.25) is 5.91 Å². The predicted molar refractivity (Wildman–Crippen MR) is 77.5 cm³/mol. The van der Waals surface area contributed by atoms with Crippen molar-refractivity contribution >= 4 is 5.91 Å². The molecule has 1 aromatic heterocycles. The molecule has 0 fully saturated rings. The molecule has 0 radical (unpaired) electrons. The third-order valence-corrected chi connectivity index (χ3v) is 3.29. The summed E-state index contributed by atoms with van der Waals surface area (Å²) < 4.78 is 0. The number of rotatable bonds is 7. The van der Waals surface area contributed by atoms with E-state index in [1.165, 1.54) is 0 Å². The van der Waals surface area contributed by atoms with E-state index in [-0.39, 0.29) is 5.91 Å². The van der Waals surface area contributed by atoms with Gasteiger partial charge >= 0.3 is 0 Å². The normalized spacial score (nSPS) is 12.2. The standard InChI is InChI=1S/C15H25N3O/c1-4-18(15(19)9-8-12(2)10-16)11-14-7-5-6-13(3)17-14/h5-7,12H,4,8-11,16H2,1-3H3. The van der Waals surface area contributed by atoms with E-state index in [2.05, 4.69) is 11.9 Å². The smallest absolute Gasteiger partial charge is 0.222 e. The summed E-state index contributed by atoms with van der Waals surface area (Å²) in [5, 5.41) is 0. The molecule has 1 aromatic rings. The zero-order valence-corrected chi connectivity index (χ0v) is 12.2. The first kappa shape index (κ1) is 15.6. The van der Waals surface area contributed by atoms with E-state index in [0.29, 0.717) is 32.0 Å². The van der Waals surface area contributed by atoms with Crippen LogP contribution in [-0.4, -0.2) is 28.9 Å². The van der Waals surface area contributed by atoms with Crippen LogP contribution in [0.15, 0.2) is 18.2 Å². The Kier molecular flexibility index (Phi) is 6.50. The fourth-order valence-electron chi connectivity index (χ4n) is 1.91. The zero-order valence-electron chi connectivity index (χ0n) is 12.2. The van der Waals surface area contributed by atoms with E-state index in [1.54, 1.807) is 0 Å². The van der Waals surface area contributed by atoms with E-state index < -0.39 is 0 Å². The minimum absolute atomic E-state index is 0.186. The van der Waals surface area contributed by atoms with Gasteiger partial charge in [-0.3, -0.25) is 9.78 Å². The number of carbonyl (C=O) groups excluding carboxylic acids is 1. The maximum atomic E-state index is 12.1. The van der Waals surface area contributed by atoms with Crippen LogP contribution in [0.25, 0.3) is 0 Å². The Bertz CT molecular complexity index is 406. The first-order chi connectivity index (χ1) is 9.06. The first-order valence-corrected chi connectivity index (χ1v) is 6.97. The highest BCUT2D eigenvalue weighted by Crippen LogP contribution is 2.09. The van der Waals surface area contributed by atoms with Crippen LogP contribution in [0.3, 0.4) is 0 Å². The summed E-state index contributed by atoms with van der Waals surface area (Å²) in [7, 11) is 0. The first-order valence-electron chi connectivity index (χ1n) is 6.97. The quantitative estimate of drug-likeness (QED) is 0.819. The summed E-state index contributed by atoms with van der Waals surface area (Å²) in [5.74, 6) is 0.589. The molecule has 19 heavy (non-hydrogen) atoms. The molecule has 0 bridgehead atoms. The summed E-state index contributed by atoms with van der Waals surface area (Å²) in [6, 6.07) is 5.91. The third-order valence-electron chi connectivity index (χ3n) is 3.29. The maximum Gasteiger partial charge on any atom is 0.222 e. The van der Waals surface area contributed by atoms with Gasteiger partial charge in [0.25, 0.3) is 0 Å². The highest BCUT2D eigenvalue weighted by atomic mass is 16.2. The fraction of sp³-hybridized carbons (Fsp3) is 0.600. The molecule has 1 heterocycles. The Balaban J connectivity index is 2.55. The Hall–Kier alpha value is -1.42. The van der Waals surface area contributed by atoms with Crippen molar-refractivity contribution < 1.29 is 4.79 Å². The van der Waals surface area contributed by atoms with Crippen LogP contribution in [0.4, 0.5) is 0 Å². The highest BCUT2D eigenvalue weighted by Gasteiger charge is 2.13. The lowest BCUT2D eigenvalue weighted by Gasteiger charge is -2.21. The van der Waals surface area contributed by atoms with Crippen molar-refractivity contribution in [2.45, 2.75) is 40.2 Å². The second-order valence-electron chi connectivity index (χ2n) is 5.06. The van der Waals surface area contributed by atoms with Crippen molar-refractivity contribution in [3.05, 3.63) is 29.6 Å². The van der Waals surface area contributed by atoms with E-state index in [9.17, 15) is 4.79 Å². The van der Waals surface area contributed by atoms with Crippen LogP contribution >= 0.6 is 0 Å². The molecule has 1 unspecified atom stereocenters. The van der Waals surface area contributed by atoms with E-state index >= 15 is 0 Å². The molecule has 0 saturated carbocycles. The summed E-state index contributed by atoms with van der Waals surface area (Å²) in [6.07, 6.45) is 1.42. The Morgan fingerprint density at radius 2 is 2.21 bits per heavy atom. The van der Waals surface area contributed by atoms with Gasteiger partial charge in [0, 0.05) is 18.7 Å². The van der Waals surface area contributed by atoms with Gasteiger partial charge in [-0.15, -0.1) is 0 Å². The van der Waals surface area contributed by atoms with Crippen LogP contribution in [0, 0.1) is 12.8 Å². The lowest BCUT2D eigenvalue weighted by Crippen LogP contribution is -2.31. The van der Waals surface area contributed by atoms with E-state index in [4.69, 9.17) is 5.73 Å². The van der Waals surface area contributed by atoms with Crippen molar-refractivity contribution in [3.63, 3.8) is 0 Å². The zero-order chi connectivity index (χ0) is 14.3. The predicted octanol–water partition coefficient (Wildman–Crippen LogP) is 2.11. The summed E-state index contributed by atoms with van der Waals surface area (Å²) in [4.78, 5) is 18.4. The van der Waals surface area contributed by atoms with Crippen molar-refractivity contribution in [1.29, 1.82) is 0 Å².